The van der Waals surface area contributed by atoms with Crippen molar-refractivity contribution in [2.75, 3.05) is 0 Å². The van der Waals surface area contributed by atoms with Crippen LogP contribution in [0.5, 0.6) is 0 Å². The highest BCUT2D eigenvalue weighted by Crippen LogP contribution is 2.40. The third-order valence-corrected chi connectivity index (χ3v) is 3.54. The van der Waals surface area contributed by atoms with Crippen LogP contribution in [0.25, 0.3) is 0 Å². The van der Waals surface area contributed by atoms with Gasteiger partial charge in [-0.15, -0.1) is 0 Å². The number of hydrogen-bond donors (Lipinski definition) is 1. The summed E-state index contributed by atoms with van der Waals surface area (Å²) in [5.41, 5.74) is 7.58. The summed E-state index contributed by atoms with van der Waals surface area (Å²) in [7, 11) is 0. The molecule has 78 valence electrons. The van der Waals surface area contributed by atoms with Crippen molar-refractivity contribution in [3.8, 4) is 0 Å². The van der Waals surface area contributed by atoms with Crippen LogP contribution in [0.3, 0.4) is 0 Å². The third-order valence-electron chi connectivity index (χ3n) is 3.54. The minimum absolute atomic E-state index is 0.443. The molecule has 0 saturated carbocycles. The van der Waals surface area contributed by atoms with Gasteiger partial charge in [-0.3, -0.25) is 0 Å². The van der Waals surface area contributed by atoms with Crippen molar-refractivity contribution in [1.29, 1.82) is 0 Å². The standard InChI is InChI=1S/C13H16N2/c1-8(2)12-11-7-9-5-3-4-6-10(9)13(11)15-14-12/h3-6,8,11,13,15H,7H2,1-2H3/t11-,13+/m0/s1. The van der Waals surface area contributed by atoms with Gasteiger partial charge < -0.3 is 5.43 Å². The van der Waals surface area contributed by atoms with E-state index in [1.807, 2.05) is 0 Å². The molecule has 15 heavy (non-hydrogen) atoms. The van der Waals surface area contributed by atoms with E-state index in [0.29, 0.717) is 17.9 Å². The first kappa shape index (κ1) is 8.96. The molecular formula is C13H16N2. The van der Waals surface area contributed by atoms with Gasteiger partial charge >= 0.3 is 0 Å². The predicted octanol–water partition coefficient (Wildman–Crippen LogP) is 2.52. The summed E-state index contributed by atoms with van der Waals surface area (Å²) >= 11 is 0. The highest BCUT2D eigenvalue weighted by molar-refractivity contribution is 5.91. The van der Waals surface area contributed by atoms with Gasteiger partial charge in [0.15, 0.2) is 0 Å². The fourth-order valence-electron chi connectivity index (χ4n) is 2.81. The molecule has 2 heteroatoms. The second-order valence-corrected chi connectivity index (χ2v) is 4.81. The van der Waals surface area contributed by atoms with E-state index in [4.69, 9.17) is 0 Å². The molecule has 0 aromatic heterocycles. The molecule has 1 aromatic rings. The van der Waals surface area contributed by atoms with Gasteiger partial charge in [-0.05, 0) is 23.5 Å². The summed E-state index contributed by atoms with van der Waals surface area (Å²) in [6.45, 7) is 4.46. The van der Waals surface area contributed by atoms with Crippen LogP contribution in [0.1, 0.15) is 31.0 Å². The van der Waals surface area contributed by atoms with Gasteiger partial charge in [-0.25, -0.2) is 0 Å². The van der Waals surface area contributed by atoms with Crippen molar-refractivity contribution in [2.24, 2.45) is 16.9 Å². The summed E-state index contributed by atoms with van der Waals surface area (Å²) in [6, 6.07) is 9.17. The number of hydrazone groups is 1. The Morgan fingerprint density at radius 1 is 1.33 bits per heavy atom. The van der Waals surface area contributed by atoms with Gasteiger partial charge in [-0.2, -0.15) is 5.10 Å². The molecular weight excluding hydrogens is 184 g/mol. The summed E-state index contributed by atoms with van der Waals surface area (Å²) < 4.78 is 0. The van der Waals surface area contributed by atoms with Crippen LogP contribution in [0, 0.1) is 11.8 Å². The second kappa shape index (κ2) is 3.09. The molecule has 0 fully saturated rings. The number of nitrogens with one attached hydrogen (secondary N) is 1. The summed E-state index contributed by atoms with van der Waals surface area (Å²) in [5, 5.41) is 4.49. The van der Waals surface area contributed by atoms with E-state index >= 15 is 0 Å². The van der Waals surface area contributed by atoms with Crippen LogP contribution in [-0.4, -0.2) is 5.71 Å². The van der Waals surface area contributed by atoms with Crippen LogP contribution >= 0.6 is 0 Å². The lowest BCUT2D eigenvalue weighted by Crippen LogP contribution is -2.20. The average Bonchev–Trinajstić information content (AvgIpc) is 2.74. The van der Waals surface area contributed by atoms with E-state index in [1.165, 1.54) is 16.8 Å². The van der Waals surface area contributed by atoms with Crippen molar-refractivity contribution in [3.05, 3.63) is 35.4 Å². The summed E-state index contributed by atoms with van der Waals surface area (Å²) in [6.07, 6.45) is 1.16. The highest BCUT2D eigenvalue weighted by Gasteiger charge is 2.39. The van der Waals surface area contributed by atoms with E-state index in [0.717, 1.165) is 6.42 Å². The van der Waals surface area contributed by atoms with Crippen LogP contribution in [0.2, 0.25) is 0 Å². The number of rotatable bonds is 1. The topological polar surface area (TPSA) is 24.4 Å². The Bertz CT molecular complexity index is 420. The third kappa shape index (κ3) is 1.21. The van der Waals surface area contributed by atoms with E-state index in [2.05, 4.69) is 48.6 Å². The van der Waals surface area contributed by atoms with Crippen molar-refractivity contribution in [2.45, 2.75) is 26.3 Å². The lowest BCUT2D eigenvalue weighted by molar-refractivity contribution is 0.529. The van der Waals surface area contributed by atoms with E-state index in [9.17, 15) is 0 Å². The van der Waals surface area contributed by atoms with Crippen LogP contribution < -0.4 is 5.43 Å². The minimum Gasteiger partial charge on any atom is -0.302 e. The smallest absolute Gasteiger partial charge is 0.0776 e. The van der Waals surface area contributed by atoms with Crippen LogP contribution in [0.15, 0.2) is 29.4 Å². The molecule has 3 rings (SSSR count). The molecule has 2 atom stereocenters. The van der Waals surface area contributed by atoms with Gasteiger partial charge in [0.05, 0.1) is 6.04 Å². The molecule has 1 heterocycles. The van der Waals surface area contributed by atoms with Gasteiger partial charge in [0, 0.05) is 11.6 Å². The fraction of sp³-hybridized carbons (Fsp3) is 0.462. The summed E-state index contributed by atoms with van der Waals surface area (Å²) in [5.74, 6) is 1.16. The first-order valence-corrected chi connectivity index (χ1v) is 5.68. The molecule has 0 amide bonds. The lowest BCUT2D eigenvalue weighted by atomic mass is 9.90. The fourth-order valence-corrected chi connectivity index (χ4v) is 2.81. The molecule has 0 spiro atoms. The van der Waals surface area contributed by atoms with Crippen molar-refractivity contribution >= 4 is 5.71 Å². The molecule has 0 unspecified atom stereocenters. The minimum atomic E-state index is 0.443. The normalized spacial score (nSPS) is 27.3. The number of nitrogens with zero attached hydrogens (tertiary/aromatic N) is 1. The maximum absolute atomic E-state index is 4.49. The Kier molecular flexibility index (Phi) is 1.84. The molecule has 0 bridgehead atoms. The van der Waals surface area contributed by atoms with Gasteiger partial charge in [0.25, 0.3) is 0 Å². The maximum atomic E-state index is 4.49. The number of fused-ring (bicyclic) bond motifs is 3. The number of benzene rings is 1. The predicted molar refractivity (Wildman–Crippen MR) is 61.8 cm³/mol. The maximum Gasteiger partial charge on any atom is 0.0776 e. The average molecular weight is 200 g/mol. The van der Waals surface area contributed by atoms with Crippen LogP contribution in [0.4, 0.5) is 0 Å². The zero-order chi connectivity index (χ0) is 10.4. The zero-order valence-electron chi connectivity index (χ0n) is 9.20. The highest BCUT2D eigenvalue weighted by atomic mass is 15.3. The Hall–Kier alpha value is -1.31. The largest absolute Gasteiger partial charge is 0.302 e. The van der Waals surface area contributed by atoms with E-state index in [1.54, 1.807) is 0 Å². The molecule has 0 radical (unpaired) electrons. The number of hydrogen-bond acceptors (Lipinski definition) is 2. The van der Waals surface area contributed by atoms with Crippen molar-refractivity contribution in [1.82, 2.24) is 5.43 Å². The van der Waals surface area contributed by atoms with Crippen molar-refractivity contribution in [3.63, 3.8) is 0 Å². The van der Waals surface area contributed by atoms with Gasteiger partial charge in [0.1, 0.15) is 0 Å². The van der Waals surface area contributed by atoms with Gasteiger partial charge in [0.2, 0.25) is 0 Å². The first-order valence-electron chi connectivity index (χ1n) is 5.68. The Morgan fingerprint density at radius 3 is 2.93 bits per heavy atom. The second-order valence-electron chi connectivity index (χ2n) is 4.81. The molecule has 2 aliphatic rings. The lowest BCUT2D eigenvalue weighted by Gasteiger charge is -2.13. The molecule has 2 nitrogen and oxygen atoms in total. The Labute approximate surface area is 90.4 Å². The van der Waals surface area contributed by atoms with Crippen molar-refractivity contribution < 1.29 is 0 Å². The molecule has 1 aliphatic heterocycles. The SMILES string of the molecule is CC(C)C1=NN[C@@H]2c3ccccc3C[C@@H]12. The molecule has 0 saturated heterocycles. The van der Waals surface area contributed by atoms with E-state index < -0.39 is 0 Å². The molecule has 1 aliphatic carbocycles. The quantitative estimate of drug-likeness (QED) is 0.740. The molecule has 1 N–H and O–H groups in total. The first-order chi connectivity index (χ1) is 7.27. The molecule has 1 aromatic carbocycles. The zero-order valence-corrected chi connectivity index (χ0v) is 9.20. The van der Waals surface area contributed by atoms with E-state index in [-0.39, 0.29) is 0 Å². The van der Waals surface area contributed by atoms with Gasteiger partial charge in [-0.1, -0.05) is 38.1 Å². The summed E-state index contributed by atoms with van der Waals surface area (Å²) in [4.78, 5) is 0. The Balaban J connectivity index is 1.97. The van der Waals surface area contributed by atoms with Crippen LogP contribution in [-0.2, 0) is 6.42 Å². The Morgan fingerprint density at radius 2 is 2.13 bits per heavy atom. The monoisotopic (exact) mass is 200 g/mol.